The molecule has 2 aromatic heterocycles. The summed E-state index contributed by atoms with van der Waals surface area (Å²) in [7, 11) is 8.04. The van der Waals surface area contributed by atoms with Gasteiger partial charge >= 0.3 is 0 Å². The van der Waals surface area contributed by atoms with Gasteiger partial charge in [-0.25, -0.2) is 19.9 Å². The third-order valence-corrected chi connectivity index (χ3v) is 5.59. The molecule has 7 heteroatoms. The number of rotatable bonds is 3. The van der Waals surface area contributed by atoms with E-state index < -0.39 is 0 Å². The van der Waals surface area contributed by atoms with Crippen LogP contribution in [0.15, 0.2) is 18.6 Å². The molecule has 2 aromatic rings. The van der Waals surface area contributed by atoms with Crippen molar-refractivity contribution in [3.8, 4) is 0 Å². The van der Waals surface area contributed by atoms with Crippen LogP contribution in [0, 0.1) is 0 Å². The Balaban J connectivity index is 1.70. The van der Waals surface area contributed by atoms with E-state index in [-0.39, 0.29) is 5.41 Å². The third kappa shape index (κ3) is 2.75. The summed E-state index contributed by atoms with van der Waals surface area (Å²) >= 11 is 0. The molecule has 0 bridgehead atoms. The fourth-order valence-corrected chi connectivity index (χ4v) is 4.32. The van der Waals surface area contributed by atoms with Gasteiger partial charge in [-0.3, -0.25) is 0 Å². The molecule has 1 spiro atoms. The van der Waals surface area contributed by atoms with Crippen molar-refractivity contribution < 1.29 is 0 Å². The Morgan fingerprint density at radius 3 is 2.58 bits per heavy atom. The zero-order valence-electron chi connectivity index (χ0n) is 16.1. The van der Waals surface area contributed by atoms with Crippen LogP contribution in [0.2, 0.25) is 0 Å². The fraction of sp³-hybridized carbons (Fsp3) is 0.579. The van der Waals surface area contributed by atoms with Crippen LogP contribution < -0.4 is 14.7 Å². The van der Waals surface area contributed by atoms with Gasteiger partial charge in [0.2, 0.25) is 5.95 Å². The Bertz CT molecular complexity index is 800. The highest BCUT2D eigenvalue weighted by molar-refractivity contribution is 5.62. The predicted octanol–water partition coefficient (Wildman–Crippen LogP) is 1.88. The summed E-state index contributed by atoms with van der Waals surface area (Å²) in [6.07, 6.45) is 10.1. The quantitative estimate of drug-likeness (QED) is 0.835. The molecule has 1 unspecified atom stereocenters. The van der Waals surface area contributed by atoms with Crippen molar-refractivity contribution in [1.29, 1.82) is 0 Å². The first-order chi connectivity index (χ1) is 12.5. The summed E-state index contributed by atoms with van der Waals surface area (Å²) in [5, 5.41) is 0. The Hall–Kier alpha value is -2.44. The van der Waals surface area contributed by atoms with Crippen LogP contribution in [0.4, 0.5) is 17.6 Å². The Kier molecular flexibility index (Phi) is 4.17. The topological polar surface area (TPSA) is 61.3 Å². The van der Waals surface area contributed by atoms with Crippen LogP contribution in [0.3, 0.4) is 0 Å². The lowest BCUT2D eigenvalue weighted by Crippen LogP contribution is -2.46. The second kappa shape index (κ2) is 6.37. The molecule has 1 atom stereocenters. The molecule has 1 saturated heterocycles. The van der Waals surface area contributed by atoms with E-state index in [2.05, 4.69) is 19.9 Å². The molecule has 0 radical (unpaired) electrons. The normalized spacial score (nSPS) is 21.8. The van der Waals surface area contributed by atoms with E-state index >= 15 is 0 Å². The fourth-order valence-electron chi connectivity index (χ4n) is 4.32. The summed E-state index contributed by atoms with van der Waals surface area (Å²) in [4.78, 5) is 25.1. The van der Waals surface area contributed by atoms with Crippen LogP contribution in [0.25, 0.3) is 0 Å². The van der Waals surface area contributed by atoms with E-state index in [1.54, 1.807) is 12.4 Å². The lowest BCUT2D eigenvalue weighted by Gasteiger charge is -2.41. The summed E-state index contributed by atoms with van der Waals surface area (Å²) in [5.74, 6) is 2.71. The molecule has 1 aliphatic heterocycles. The van der Waals surface area contributed by atoms with Gasteiger partial charge < -0.3 is 14.7 Å². The second-order valence-electron chi connectivity index (χ2n) is 7.84. The molecule has 26 heavy (non-hydrogen) atoms. The lowest BCUT2D eigenvalue weighted by molar-refractivity contribution is 0.333. The molecule has 0 saturated carbocycles. The Labute approximate surface area is 155 Å². The van der Waals surface area contributed by atoms with Gasteiger partial charge in [-0.2, -0.15) is 0 Å². The van der Waals surface area contributed by atoms with Crippen LogP contribution in [-0.2, 0) is 11.8 Å². The molecule has 138 valence electrons. The smallest absolute Gasteiger partial charge is 0.225 e. The molecule has 2 aliphatic rings. The van der Waals surface area contributed by atoms with Crippen LogP contribution in [0.5, 0.6) is 0 Å². The molecule has 1 fully saturated rings. The van der Waals surface area contributed by atoms with Crippen molar-refractivity contribution in [2.45, 2.75) is 31.1 Å². The minimum Gasteiger partial charge on any atom is -0.360 e. The average Bonchev–Trinajstić information content (AvgIpc) is 2.99. The molecule has 0 N–H and O–H groups in total. The number of hydrogen-bond acceptors (Lipinski definition) is 7. The molecular weight excluding hydrogens is 326 g/mol. The lowest BCUT2D eigenvalue weighted by atomic mass is 9.77. The molecule has 7 nitrogen and oxygen atoms in total. The Morgan fingerprint density at radius 2 is 1.81 bits per heavy atom. The molecule has 3 heterocycles. The zero-order valence-corrected chi connectivity index (χ0v) is 16.1. The molecule has 0 amide bonds. The average molecular weight is 353 g/mol. The summed E-state index contributed by atoms with van der Waals surface area (Å²) in [5.41, 5.74) is 2.66. The van der Waals surface area contributed by atoms with Crippen molar-refractivity contribution in [2.75, 3.05) is 56.0 Å². The first-order valence-electron chi connectivity index (χ1n) is 9.27. The molecule has 0 aromatic carbocycles. The zero-order chi connectivity index (χ0) is 18.3. The highest BCUT2D eigenvalue weighted by Gasteiger charge is 2.44. The van der Waals surface area contributed by atoms with Crippen molar-refractivity contribution in [1.82, 2.24) is 19.9 Å². The highest BCUT2D eigenvalue weighted by atomic mass is 15.3. The largest absolute Gasteiger partial charge is 0.360 e. The van der Waals surface area contributed by atoms with E-state index in [1.165, 1.54) is 17.7 Å². The van der Waals surface area contributed by atoms with E-state index in [9.17, 15) is 0 Å². The van der Waals surface area contributed by atoms with Gasteiger partial charge in [0.15, 0.2) is 11.6 Å². The van der Waals surface area contributed by atoms with Gasteiger partial charge in [0.25, 0.3) is 0 Å². The van der Waals surface area contributed by atoms with Crippen molar-refractivity contribution in [3.05, 3.63) is 29.8 Å². The van der Waals surface area contributed by atoms with E-state index in [0.29, 0.717) is 0 Å². The third-order valence-electron chi connectivity index (χ3n) is 5.59. The van der Waals surface area contributed by atoms with E-state index in [0.717, 1.165) is 49.9 Å². The number of aryl methyl sites for hydroxylation is 1. The molecule has 4 rings (SSSR count). The summed E-state index contributed by atoms with van der Waals surface area (Å²) < 4.78 is 0. The molecular formula is C19H27N7. The van der Waals surface area contributed by atoms with Crippen LogP contribution in [0.1, 0.15) is 30.5 Å². The summed E-state index contributed by atoms with van der Waals surface area (Å²) in [6.45, 7) is 1.96. The number of hydrogen-bond donors (Lipinski definition) is 0. The highest BCUT2D eigenvalue weighted by Crippen LogP contribution is 2.45. The first-order valence-corrected chi connectivity index (χ1v) is 9.27. The maximum atomic E-state index is 4.96. The predicted molar refractivity (Wildman–Crippen MR) is 104 cm³/mol. The van der Waals surface area contributed by atoms with Gasteiger partial charge in [0, 0.05) is 65.3 Å². The van der Waals surface area contributed by atoms with Crippen LogP contribution in [-0.4, -0.2) is 61.2 Å². The number of fused-ring (bicyclic) bond motifs is 2. The number of piperidine rings is 1. The van der Waals surface area contributed by atoms with E-state index in [1.807, 2.05) is 44.2 Å². The molecule has 1 aliphatic carbocycles. The van der Waals surface area contributed by atoms with Crippen LogP contribution >= 0.6 is 0 Å². The van der Waals surface area contributed by atoms with Gasteiger partial charge in [-0.05, 0) is 31.2 Å². The van der Waals surface area contributed by atoms with Crippen molar-refractivity contribution in [2.24, 2.45) is 0 Å². The number of anilines is 3. The standard InChI is InChI=1S/C19H27N7/c1-24(2)16-17(21-10-9-20-16)26-11-5-7-19(13-26)8-6-14-12-22-18(25(3)4)23-15(14)19/h9-10,12H,5-8,11,13H2,1-4H3. The van der Waals surface area contributed by atoms with Gasteiger partial charge in [-0.1, -0.05) is 0 Å². The Morgan fingerprint density at radius 1 is 1.00 bits per heavy atom. The monoisotopic (exact) mass is 353 g/mol. The van der Waals surface area contributed by atoms with E-state index in [4.69, 9.17) is 4.98 Å². The maximum absolute atomic E-state index is 4.96. The number of nitrogens with zero attached hydrogens (tertiary/aromatic N) is 7. The summed E-state index contributed by atoms with van der Waals surface area (Å²) in [6, 6.07) is 0. The SMILES string of the molecule is CN(C)c1ncc2c(n1)C1(CCCN(c3nccnc3N(C)C)C1)CC2. The van der Waals surface area contributed by atoms with Gasteiger partial charge in [0.05, 0.1) is 5.69 Å². The van der Waals surface area contributed by atoms with Gasteiger partial charge in [0.1, 0.15) is 0 Å². The van der Waals surface area contributed by atoms with Gasteiger partial charge in [-0.15, -0.1) is 0 Å². The minimum absolute atomic E-state index is 0.0996. The maximum Gasteiger partial charge on any atom is 0.225 e. The minimum atomic E-state index is 0.0996. The van der Waals surface area contributed by atoms with Crippen molar-refractivity contribution >= 4 is 17.6 Å². The number of aromatic nitrogens is 4. The van der Waals surface area contributed by atoms with Crippen molar-refractivity contribution in [3.63, 3.8) is 0 Å². The first kappa shape index (κ1) is 17.0. The second-order valence-corrected chi connectivity index (χ2v) is 7.84.